The van der Waals surface area contributed by atoms with E-state index in [-0.39, 0.29) is 0 Å². The molecule has 0 amide bonds. The molecule has 1 aromatic rings. The van der Waals surface area contributed by atoms with Gasteiger partial charge in [0, 0.05) is 6.54 Å². The first-order chi connectivity index (χ1) is 8.58. The van der Waals surface area contributed by atoms with E-state index in [0.29, 0.717) is 30.6 Å². The summed E-state index contributed by atoms with van der Waals surface area (Å²) >= 11 is 3.46. The molecule has 0 aliphatic heterocycles. The van der Waals surface area contributed by atoms with Gasteiger partial charge in [-0.3, -0.25) is 0 Å². The molecule has 0 saturated carbocycles. The molecule has 0 spiro atoms. The summed E-state index contributed by atoms with van der Waals surface area (Å²) in [6, 6.07) is 3.91. The van der Waals surface area contributed by atoms with E-state index >= 15 is 0 Å². The number of hydroxylamine groups is 1. The second-order valence-electron chi connectivity index (χ2n) is 4.34. The van der Waals surface area contributed by atoms with Crippen molar-refractivity contribution in [1.29, 1.82) is 0 Å². The zero-order valence-electron chi connectivity index (χ0n) is 11.2. The molecule has 0 unspecified atom stereocenters. The van der Waals surface area contributed by atoms with Gasteiger partial charge in [0.25, 0.3) is 0 Å². The van der Waals surface area contributed by atoms with Crippen LogP contribution in [-0.2, 0) is 11.4 Å². The molecule has 0 saturated heterocycles. The third kappa shape index (κ3) is 4.48. The van der Waals surface area contributed by atoms with Crippen molar-refractivity contribution in [2.45, 2.75) is 20.4 Å². The predicted molar refractivity (Wildman–Crippen MR) is 74.9 cm³/mol. The molecule has 0 aromatic heterocycles. The maximum absolute atomic E-state index is 5.33. The Labute approximate surface area is 117 Å². The fourth-order valence-corrected chi connectivity index (χ4v) is 2.08. The van der Waals surface area contributed by atoms with E-state index in [1.807, 2.05) is 12.1 Å². The Bertz CT molecular complexity index is 383. The summed E-state index contributed by atoms with van der Waals surface area (Å²) in [6.07, 6.45) is 0. The Balaban J connectivity index is 2.64. The third-order valence-corrected chi connectivity index (χ3v) is 2.88. The first-order valence-corrected chi connectivity index (χ1v) is 6.62. The Morgan fingerprint density at radius 3 is 2.50 bits per heavy atom. The minimum absolute atomic E-state index is 0.509. The first-order valence-electron chi connectivity index (χ1n) is 5.83. The van der Waals surface area contributed by atoms with Crippen molar-refractivity contribution >= 4 is 15.9 Å². The molecule has 1 aromatic carbocycles. The number of benzene rings is 1. The van der Waals surface area contributed by atoms with Crippen molar-refractivity contribution in [3.8, 4) is 11.5 Å². The Kier molecular flexibility index (Phi) is 6.46. The summed E-state index contributed by atoms with van der Waals surface area (Å²) in [6.45, 7) is 5.52. The van der Waals surface area contributed by atoms with Crippen LogP contribution in [0.2, 0.25) is 0 Å². The number of nitrogens with one attached hydrogen (secondary N) is 1. The molecule has 0 fully saturated rings. The van der Waals surface area contributed by atoms with Gasteiger partial charge < -0.3 is 14.3 Å². The van der Waals surface area contributed by atoms with Crippen molar-refractivity contribution in [1.82, 2.24) is 5.48 Å². The summed E-state index contributed by atoms with van der Waals surface area (Å²) in [7, 11) is 3.24. The molecule has 0 atom stereocenters. The molecule has 1 rings (SSSR count). The van der Waals surface area contributed by atoms with Crippen LogP contribution in [0, 0.1) is 5.92 Å². The van der Waals surface area contributed by atoms with Gasteiger partial charge in [0.1, 0.15) is 0 Å². The standard InChI is InChI=1S/C13H20BrNO3/c1-9(2)8-18-15-7-10-5-11(14)13(17-4)12(6-10)16-3/h5-6,9,15H,7-8H2,1-4H3. The van der Waals surface area contributed by atoms with Crippen LogP contribution < -0.4 is 15.0 Å². The zero-order valence-corrected chi connectivity index (χ0v) is 12.8. The van der Waals surface area contributed by atoms with Crippen LogP contribution in [0.4, 0.5) is 0 Å². The van der Waals surface area contributed by atoms with E-state index in [4.69, 9.17) is 14.3 Å². The Hall–Kier alpha value is -0.780. The van der Waals surface area contributed by atoms with E-state index in [0.717, 1.165) is 10.0 Å². The summed E-state index contributed by atoms with van der Waals surface area (Å²) < 4.78 is 11.4. The fraction of sp³-hybridized carbons (Fsp3) is 0.538. The van der Waals surface area contributed by atoms with E-state index in [1.54, 1.807) is 14.2 Å². The normalized spacial score (nSPS) is 10.8. The molecule has 1 N–H and O–H groups in total. The first kappa shape index (κ1) is 15.3. The van der Waals surface area contributed by atoms with Gasteiger partial charge >= 0.3 is 0 Å². The van der Waals surface area contributed by atoms with Crippen molar-refractivity contribution in [3.63, 3.8) is 0 Å². The average Bonchev–Trinajstić information content (AvgIpc) is 2.33. The minimum Gasteiger partial charge on any atom is -0.493 e. The van der Waals surface area contributed by atoms with Gasteiger partial charge in [0.2, 0.25) is 0 Å². The highest BCUT2D eigenvalue weighted by Gasteiger charge is 2.10. The quantitative estimate of drug-likeness (QED) is 0.619. The minimum atomic E-state index is 0.509. The number of halogens is 1. The number of hydrogen-bond acceptors (Lipinski definition) is 4. The highest BCUT2D eigenvalue weighted by atomic mass is 79.9. The summed E-state index contributed by atoms with van der Waals surface area (Å²) in [5.41, 5.74) is 3.99. The predicted octanol–water partition coefficient (Wildman–Crippen LogP) is 3.14. The van der Waals surface area contributed by atoms with Gasteiger partial charge in [0.15, 0.2) is 11.5 Å². The summed E-state index contributed by atoms with van der Waals surface area (Å²) in [5.74, 6) is 1.91. The van der Waals surface area contributed by atoms with Crippen LogP contribution in [-0.4, -0.2) is 20.8 Å². The van der Waals surface area contributed by atoms with Gasteiger partial charge in [0.05, 0.1) is 25.3 Å². The lowest BCUT2D eigenvalue weighted by atomic mass is 10.2. The average molecular weight is 318 g/mol. The molecular formula is C13H20BrNO3. The van der Waals surface area contributed by atoms with E-state index < -0.39 is 0 Å². The smallest absolute Gasteiger partial charge is 0.174 e. The lowest BCUT2D eigenvalue weighted by Gasteiger charge is -2.13. The van der Waals surface area contributed by atoms with Crippen molar-refractivity contribution in [2.75, 3.05) is 20.8 Å². The molecule has 0 aliphatic rings. The maximum Gasteiger partial charge on any atom is 0.174 e. The van der Waals surface area contributed by atoms with Gasteiger partial charge in [-0.1, -0.05) is 13.8 Å². The number of rotatable bonds is 7. The maximum atomic E-state index is 5.33. The van der Waals surface area contributed by atoms with Crippen LogP contribution in [0.25, 0.3) is 0 Å². The van der Waals surface area contributed by atoms with Crippen LogP contribution in [0.3, 0.4) is 0 Å². The lowest BCUT2D eigenvalue weighted by molar-refractivity contribution is 0.0196. The van der Waals surface area contributed by atoms with Crippen LogP contribution in [0.15, 0.2) is 16.6 Å². The molecule has 0 radical (unpaired) electrons. The summed E-state index contributed by atoms with van der Waals surface area (Å²) in [4.78, 5) is 5.33. The highest BCUT2D eigenvalue weighted by Crippen LogP contribution is 2.36. The Morgan fingerprint density at radius 1 is 1.22 bits per heavy atom. The molecular weight excluding hydrogens is 298 g/mol. The topological polar surface area (TPSA) is 39.7 Å². The van der Waals surface area contributed by atoms with Gasteiger partial charge in [-0.2, -0.15) is 5.48 Å². The zero-order chi connectivity index (χ0) is 13.5. The largest absolute Gasteiger partial charge is 0.493 e. The van der Waals surface area contributed by atoms with Crippen LogP contribution >= 0.6 is 15.9 Å². The van der Waals surface area contributed by atoms with E-state index in [9.17, 15) is 0 Å². The Morgan fingerprint density at radius 2 is 1.94 bits per heavy atom. The number of ether oxygens (including phenoxy) is 2. The molecule has 102 valence electrons. The fourth-order valence-electron chi connectivity index (χ4n) is 1.43. The van der Waals surface area contributed by atoms with Crippen LogP contribution in [0.5, 0.6) is 11.5 Å². The molecule has 4 nitrogen and oxygen atoms in total. The van der Waals surface area contributed by atoms with Gasteiger partial charge in [-0.25, -0.2) is 0 Å². The molecule has 0 bridgehead atoms. The van der Waals surface area contributed by atoms with E-state index in [1.165, 1.54) is 0 Å². The van der Waals surface area contributed by atoms with E-state index in [2.05, 4.69) is 35.3 Å². The second-order valence-corrected chi connectivity index (χ2v) is 5.19. The highest BCUT2D eigenvalue weighted by molar-refractivity contribution is 9.10. The SMILES string of the molecule is COc1cc(CNOCC(C)C)cc(Br)c1OC. The number of hydrogen-bond donors (Lipinski definition) is 1. The number of methoxy groups -OCH3 is 2. The van der Waals surface area contributed by atoms with Gasteiger partial charge in [-0.05, 0) is 39.5 Å². The molecule has 18 heavy (non-hydrogen) atoms. The molecule has 5 heteroatoms. The van der Waals surface area contributed by atoms with Gasteiger partial charge in [-0.15, -0.1) is 0 Å². The molecule has 0 heterocycles. The van der Waals surface area contributed by atoms with Crippen LogP contribution in [0.1, 0.15) is 19.4 Å². The monoisotopic (exact) mass is 317 g/mol. The third-order valence-electron chi connectivity index (χ3n) is 2.29. The van der Waals surface area contributed by atoms with Crippen molar-refractivity contribution < 1.29 is 14.3 Å². The lowest BCUT2D eigenvalue weighted by Crippen LogP contribution is -2.17. The van der Waals surface area contributed by atoms with Crippen molar-refractivity contribution in [3.05, 3.63) is 22.2 Å². The van der Waals surface area contributed by atoms with Crippen molar-refractivity contribution in [2.24, 2.45) is 5.92 Å². The summed E-state index contributed by atoms with van der Waals surface area (Å²) in [5, 5.41) is 0. The second kappa shape index (κ2) is 7.61. The molecule has 0 aliphatic carbocycles.